The quantitative estimate of drug-likeness (QED) is 0.492. The Morgan fingerprint density at radius 2 is 1.79 bits per heavy atom. The highest BCUT2D eigenvalue weighted by atomic mass is 32.1. The largest absolute Gasteiger partial charge is 0.497 e. The lowest BCUT2D eigenvalue weighted by molar-refractivity contribution is 0.102. The van der Waals surface area contributed by atoms with Gasteiger partial charge in [0.05, 0.1) is 30.3 Å². The van der Waals surface area contributed by atoms with E-state index < -0.39 is 0 Å². The molecule has 0 aliphatic heterocycles. The van der Waals surface area contributed by atoms with E-state index in [0.717, 1.165) is 21.8 Å². The number of methoxy groups -OCH3 is 1. The van der Waals surface area contributed by atoms with Gasteiger partial charge in [-0.15, -0.1) is 11.3 Å². The number of carbonyl (C=O) groups excluding carboxylic acids is 1. The molecule has 4 rings (SSSR count). The first-order chi connectivity index (χ1) is 14.0. The maximum absolute atomic E-state index is 13.2. The zero-order valence-electron chi connectivity index (χ0n) is 15.7. The van der Waals surface area contributed by atoms with Crippen molar-refractivity contribution < 1.29 is 13.9 Å². The second-order valence-corrected chi connectivity index (χ2v) is 7.48. The molecule has 8 heteroatoms. The van der Waals surface area contributed by atoms with Gasteiger partial charge in [-0.3, -0.25) is 15.2 Å². The minimum atomic E-state index is -0.316. The van der Waals surface area contributed by atoms with E-state index in [0.29, 0.717) is 22.1 Å². The zero-order chi connectivity index (χ0) is 20.4. The van der Waals surface area contributed by atoms with Crippen molar-refractivity contribution in [3.63, 3.8) is 0 Å². The van der Waals surface area contributed by atoms with Crippen molar-refractivity contribution in [3.8, 4) is 28.3 Å². The first-order valence-electron chi connectivity index (χ1n) is 8.77. The van der Waals surface area contributed by atoms with Crippen molar-refractivity contribution in [2.24, 2.45) is 0 Å². The molecule has 146 valence electrons. The van der Waals surface area contributed by atoms with Gasteiger partial charge in [-0.1, -0.05) is 0 Å². The van der Waals surface area contributed by atoms with Crippen LogP contribution in [0.25, 0.3) is 22.5 Å². The van der Waals surface area contributed by atoms with Crippen molar-refractivity contribution >= 4 is 22.4 Å². The topological polar surface area (TPSA) is 79.9 Å². The van der Waals surface area contributed by atoms with Crippen LogP contribution < -0.4 is 10.1 Å². The Morgan fingerprint density at radius 3 is 2.48 bits per heavy atom. The number of nitrogens with one attached hydrogen (secondary N) is 2. The summed E-state index contributed by atoms with van der Waals surface area (Å²) in [7, 11) is 1.60. The second-order valence-electron chi connectivity index (χ2n) is 6.27. The number of hydrogen-bond acceptors (Lipinski definition) is 5. The predicted molar refractivity (Wildman–Crippen MR) is 111 cm³/mol. The van der Waals surface area contributed by atoms with Crippen LogP contribution in [0.2, 0.25) is 0 Å². The summed E-state index contributed by atoms with van der Waals surface area (Å²) in [5.74, 6) is 0.107. The molecule has 0 spiro atoms. The number of thiazole rings is 1. The lowest BCUT2D eigenvalue weighted by Crippen LogP contribution is -2.12. The summed E-state index contributed by atoms with van der Waals surface area (Å²) < 4.78 is 18.3. The molecular weight excluding hydrogens is 391 g/mol. The van der Waals surface area contributed by atoms with Crippen LogP contribution >= 0.6 is 11.3 Å². The third-order valence-corrected chi connectivity index (χ3v) is 5.28. The molecule has 0 aliphatic carbocycles. The molecule has 0 aliphatic rings. The molecule has 0 unspecified atom stereocenters. The molecule has 0 saturated heterocycles. The standard InChI is InChI=1S/C21H17FN4O2S/c1-12-18(13-3-7-15(22)8-4-13)24-21(29-12)25-20(27)17-11-23-26-19(17)14-5-9-16(28-2)10-6-14/h3-11H,1-2H3,(H,23,26)(H,24,25,27). The van der Waals surface area contributed by atoms with E-state index in [9.17, 15) is 9.18 Å². The average Bonchev–Trinajstić information content (AvgIpc) is 3.35. The molecule has 6 nitrogen and oxygen atoms in total. The van der Waals surface area contributed by atoms with Gasteiger partial charge in [0.25, 0.3) is 5.91 Å². The predicted octanol–water partition coefficient (Wildman–Crippen LogP) is 4.91. The van der Waals surface area contributed by atoms with Crippen LogP contribution in [-0.4, -0.2) is 28.2 Å². The highest BCUT2D eigenvalue weighted by Crippen LogP contribution is 2.31. The number of amides is 1. The Balaban J connectivity index is 1.57. The molecule has 2 aromatic carbocycles. The Kier molecular flexibility index (Phi) is 5.09. The Bertz CT molecular complexity index is 1150. The fraction of sp³-hybridized carbons (Fsp3) is 0.0952. The molecule has 2 heterocycles. The van der Waals surface area contributed by atoms with Crippen LogP contribution in [0, 0.1) is 12.7 Å². The number of aromatic amines is 1. The first kappa shape index (κ1) is 18.8. The zero-order valence-corrected chi connectivity index (χ0v) is 16.5. The van der Waals surface area contributed by atoms with Crippen LogP contribution in [0.1, 0.15) is 15.2 Å². The number of aromatic nitrogens is 3. The maximum atomic E-state index is 13.2. The van der Waals surface area contributed by atoms with Gasteiger partial charge in [-0.05, 0) is 55.5 Å². The van der Waals surface area contributed by atoms with E-state index in [-0.39, 0.29) is 11.7 Å². The summed E-state index contributed by atoms with van der Waals surface area (Å²) in [6.45, 7) is 1.91. The van der Waals surface area contributed by atoms with Gasteiger partial charge < -0.3 is 4.74 Å². The van der Waals surface area contributed by atoms with Crippen molar-refractivity contribution in [2.75, 3.05) is 12.4 Å². The summed E-state index contributed by atoms with van der Waals surface area (Å²) in [5.41, 5.74) is 3.34. The van der Waals surface area contributed by atoms with E-state index in [4.69, 9.17) is 4.74 Å². The Morgan fingerprint density at radius 1 is 1.10 bits per heavy atom. The van der Waals surface area contributed by atoms with Crippen molar-refractivity contribution in [1.82, 2.24) is 15.2 Å². The molecule has 2 aromatic heterocycles. The normalized spacial score (nSPS) is 10.7. The molecule has 0 saturated carbocycles. The smallest absolute Gasteiger partial charge is 0.261 e. The first-order valence-corrected chi connectivity index (χ1v) is 9.59. The highest BCUT2D eigenvalue weighted by molar-refractivity contribution is 7.16. The van der Waals surface area contributed by atoms with Crippen LogP contribution in [-0.2, 0) is 0 Å². The number of benzene rings is 2. The van der Waals surface area contributed by atoms with Gasteiger partial charge in [0.2, 0.25) is 0 Å². The number of ether oxygens (including phenoxy) is 1. The minimum absolute atomic E-state index is 0.304. The average molecular weight is 408 g/mol. The third kappa shape index (κ3) is 3.88. The van der Waals surface area contributed by atoms with E-state index in [2.05, 4.69) is 20.5 Å². The van der Waals surface area contributed by atoms with Crippen LogP contribution in [0.15, 0.2) is 54.7 Å². The Labute approximate surface area is 170 Å². The molecule has 4 aromatic rings. The van der Waals surface area contributed by atoms with Crippen molar-refractivity contribution in [3.05, 3.63) is 71.0 Å². The van der Waals surface area contributed by atoms with Crippen molar-refractivity contribution in [2.45, 2.75) is 6.92 Å². The van der Waals surface area contributed by atoms with Crippen molar-refractivity contribution in [1.29, 1.82) is 0 Å². The summed E-state index contributed by atoms with van der Waals surface area (Å²) >= 11 is 1.36. The number of halogens is 1. The third-order valence-electron chi connectivity index (χ3n) is 4.40. The number of rotatable bonds is 5. The number of hydrogen-bond donors (Lipinski definition) is 2. The van der Waals surface area contributed by atoms with Crippen LogP contribution in [0.5, 0.6) is 5.75 Å². The van der Waals surface area contributed by atoms with Gasteiger partial charge in [-0.25, -0.2) is 9.37 Å². The van der Waals surface area contributed by atoms with Gasteiger partial charge in [-0.2, -0.15) is 5.10 Å². The molecule has 29 heavy (non-hydrogen) atoms. The summed E-state index contributed by atoms with van der Waals surface area (Å²) in [5, 5.41) is 10.2. The second kappa shape index (κ2) is 7.84. The number of carbonyl (C=O) groups is 1. The van der Waals surface area contributed by atoms with Gasteiger partial charge in [0, 0.05) is 16.0 Å². The number of H-pyrrole nitrogens is 1. The molecule has 0 bridgehead atoms. The van der Waals surface area contributed by atoms with E-state index >= 15 is 0 Å². The van der Waals surface area contributed by atoms with Crippen LogP contribution in [0.3, 0.4) is 0 Å². The molecular formula is C21H17FN4O2S. The lowest BCUT2D eigenvalue weighted by Gasteiger charge is -2.05. The fourth-order valence-corrected chi connectivity index (χ4v) is 3.76. The molecule has 0 fully saturated rings. The number of aryl methyl sites for hydroxylation is 1. The minimum Gasteiger partial charge on any atom is -0.497 e. The van der Waals surface area contributed by atoms with E-state index in [1.807, 2.05) is 31.2 Å². The molecule has 0 radical (unpaired) electrons. The molecule has 2 N–H and O–H groups in total. The monoisotopic (exact) mass is 408 g/mol. The number of nitrogens with zero attached hydrogens (tertiary/aromatic N) is 2. The Hall–Kier alpha value is -3.52. The maximum Gasteiger partial charge on any atom is 0.261 e. The lowest BCUT2D eigenvalue weighted by atomic mass is 10.1. The van der Waals surface area contributed by atoms with Gasteiger partial charge in [0.1, 0.15) is 11.6 Å². The van der Waals surface area contributed by atoms with E-state index in [1.54, 1.807) is 19.2 Å². The highest BCUT2D eigenvalue weighted by Gasteiger charge is 2.18. The van der Waals surface area contributed by atoms with Gasteiger partial charge in [0.15, 0.2) is 5.13 Å². The molecule has 1 amide bonds. The summed E-state index contributed by atoms with van der Waals surface area (Å²) in [4.78, 5) is 18.2. The fourth-order valence-electron chi connectivity index (χ4n) is 2.93. The molecule has 0 atom stereocenters. The summed E-state index contributed by atoms with van der Waals surface area (Å²) in [6.07, 6.45) is 1.48. The van der Waals surface area contributed by atoms with Crippen LogP contribution in [0.4, 0.5) is 9.52 Å². The summed E-state index contributed by atoms with van der Waals surface area (Å²) in [6, 6.07) is 13.4. The van der Waals surface area contributed by atoms with E-state index in [1.165, 1.54) is 29.7 Å². The number of anilines is 1. The van der Waals surface area contributed by atoms with Gasteiger partial charge >= 0.3 is 0 Å². The SMILES string of the molecule is COc1ccc(-c2[nH]ncc2C(=O)Nc2nc(-c3ccc(F)cc3)c(C)s2)cc1.